The Hall–Kier alpha value is 0.230. The third-order valence-corrected chi connectivity index (χ3v) is 4.03. The van der Waals surface area contributed by atoms with Gasteiger partial charge in [-0.2, -0.15) is 11.8 Å². The molecule has 0 spiro atoms. The number of ether oxygens (including phenoxy) is 1. The lowest BCUT2D eigenvalue weighted by Gasteiger charge is -2.37. The molecular weight excluding hydrogens is 220 g/mol. The van der Waals surface area contributed by atoms with Crippen LogP contribution >= 0.6 is 11.8 Å². The zero-order valence-electron chi connectivity index (χ0n) is 10.9. The lowest BCUT2D eigenvalue weighted by molar-refractivity contribution is 0.148. The summed E-state index contributed by atoms with van der Waals surface area (Å²) in [6.07, 6.45) is 0. The molecule has 0 aromatic heterocycles. The van der Waals surface area contributed by atoms with Crippen LogP contribution < -0.4 is 5.32 Å². The highest BCUT2D eigenvalue weighted by Gasteiger charge is 2.26. The van der Waals surface area contributed by atoms with Gasteiger partial charge in [0.05, 0.1) is 6.61 Å². The van der Waals surface area contributed by atoms with Crippen molar-refractivity contribution < 1.29 is 4.74 Å². The average molecular weight is 246 g/mol. The Morgan fingerprint density at radius 2 is 2.19 bits per heavy atom. The first-order valence-corrected chi connectivity index (χ1v) is 7.27. The van der Waals surface area contributed by atoms with Gasteiger partial charge in [-0.05, 0) is 20.8 Å². The zero-order chi connectivity index (χ0) is 11.9. The molecule has 1 N–H and O–H groups in total. The monoisotopic (exact) mass is 246 g/mol. The molecule has 0 saturated carbocycles. The van der Waals surface area contributed by atoms with Crippen molar-refractivity contribution in [3.8, 4) is 0 Å². The summed E-state index contributed by atoms with van der Waals surface area (Å²) in [4.78, 5) is 2.56. The predicted octanol–water partition coefficient (Wildman–Crippen LogP) is 1.44. The van der Waals surface area contributed by atoms with E-state index in [1.165, 1.54) is 18.8 Å². The molecule has 96 valence electrons. The van der Waals surface area contributed by atoms with Crippen LogP contribution in [0.2, 0.25) is 0 Å². The maximum absolute atomic E-state index is 5.28. The number of rotatable bonds is 7. The average Bonchev–Trinajstić information content (AvgIpc) is 2.22. The van der Waals surface area contributed by atoms with Crippen LogP contribution in [0.3, 0.4) is 0 Å². The normalized spacial score (nSPS) is 21.2. The van der Waals surface area contributed by atoms with E-state index in [-0.39, 0.29) is 0 Å². The van der Waals surface area contributed by atoms with Crippen LogP contribution in [0.25, 0.3) is 0 Å². The molecule has 1 fully saturated rings. The smallest absolute Gasteiger partial charge is 0.0590 e. The summed E-state index contributed by atoms with van der Waals surface area (Å²) in [6.45, 7) is 14.0. The van der Waals surface area contributed by atoms with E-state index >= 15 is 0 Å². The van der Waals surface area contributed by atoms with Gasteiger partial charge in [-0.25, -0.2) is 0 Å². The van der Waals surface area contributed by atoms with Gasteiger partial charge in [0.1, 0.15) is 0 Å². The van der Waals surface area contributed by atoms with Gasteiger partial charge in [-0.3, -0.25) is 4.90 Å². The summed E-state index contributed by atoms with van der Waals surface area (Å²) in [7, 11) is 0. The molecule has 16 heavy (non-hydrogen) atoms. The summed E-state index contributed by atoms with van der Waals surface area (Å²) in [6, 6.07) is 0. The summed E-state index contributed by atoms with van der Waals surface area (Å²) < 4.78 is 5.71. The molecule has 0 aliphatic carbocycles. The number of nitrogens with one attached hydrogen (secondary N) is 1. The van der Waals surface area contributed by atoms with Gasteiger partial charge in [0.25, 0.3) is 0 Å². The molecule has 0 amide bonds. The van der Waals surface area contributed by atoms with Crippen molar-refractivity contribution in [2.24, 2.45) is 0 Å². The molecule has 1 heterocycles. The zero-order valence-corrected chi connectivity index (χ0v) is 11.7. The molecule has 0 atom stereocenters. The topological polar surface area (TPSA) is 24.5 Å². The van der Waals surface area contributed by atoms with Gasteiger partial charge in [0.2, 0.25) is 0 Å². The van der Waals surface area contributed by atoms with Gasteiger partial charge in [-0.15, -0.1) is 0 Å². The van der Waals surface area contributed by atoms with Crippen molar-refractivity contribution in [2.75, 3.05) is 51.7 Å². The Kier molecular flexibility index (Phi) is 6.73. The van der Waals surface area contributed by atoms with Crippen LogP contribution in [0.1, 0.15) is 20.8 Å². The van der Waals surface area contributed by atoms with E-state index in [1.807, 2.05) is 6.92 Å². The number of hydrogen-bond acceptors (Lipinski definition) is 4. The molecule has 0 aromatic rings. The first kappa shape index (κ1) is 14.3. The van der Waals surface area contributed by atoms with E-state index in [9.17, 15) is 0 Å². The molecule has 0 radical (unpaired) electrons. The van der Waals surface area contributed by atoms with E-state index in [1.54, 1.807) is 0 Å². The molecular formula is C12H26N2OS. The first-order chi connectivity index (χ1) is 7.64. The molecule has 3 nitrogen and oxygen atoms in total. The van der Waals surface area contributed by atoms with Gasteiger partial charge in [0.15, 0.2) is 0 Å². The van der Waals surface area contributed by atoms with Crippen LogP contribution in [0, 0.1) is 0 Å². The third kappa shape index (κ3) is 6.09. The van der Waals surface area contributed by atoms with Gasteiger partial charge < -0.3 is 10.1 Å². The van der Waals surface area contributed by atoms with Gasteiger partial charge in [0, 0.05) is 49.8 Å². The van der Waals surface area contributed by atoms with E-state index in [0.29, 0.717) is 4.75 Å². The molecule has 1 rings (SSSR count). The first-order valence-electron chi connectivity index (χ1n) is 6.29. The molecule has 1 saturated heterocycles. The molecule has 0 unspecified atom stereocenters. The number of nitrogens with zero attached hydrogens (tertiary/aromatic N) is 1. The van der Waals surface area contributed by atoms with Crippen molar-refractivity contribution in [1.82, 2.24) is 10.2 Å². The highest BCUT2D eigenvalue weighted by Crippen LogP contribution is 2.28. The second kappa shape index (κ2) is 7.54. The maximum atomic E-state index is 5.28. The van der Waals surface area contributed by atoms with Gasteiger partial charge in [-0.1, -0.05) is 0 Å². The van der Waals surface area contributed by atoms with E-state index in [0.717, 1.165) is 32.8 Å². The van der Waals surface area contributed by atoms with Crippen molar-refractivity contribution in [1.29, 1.82) is 0 Å². The summed E-state index contributed by atoms with van der Waals surface area (Å²) in [5, 5.41) is 3.42. The fourth-order valence-electron chi connectivity index (χ4n) is 1.96. The minimum atomic E-state index is 0.434. The lowest BCUT2D eigenvalue weighted by atomic mass is 10.2. The Morgan fingerprint density at radius 1 is 1.38 bits per heavy atom. The fraction of sp³-hybridized carbons (Fsp3) is 1.00. The second-order valence-electron chi connectivity index (χ2n) is 4.83. The molecule has 4 heteroatoms. The van der Waals surface area contributed by atoms with Crippen LogP contribution in [0.5, 0.6) is 0 Å². The Labute approximate surface area is 104 Å². The van der Waals surface area contributed by atoms with Crippen molar-refractivity contribution in [2.45, 2.75) is 25.5 Å². The van der Waals surface area contributed by atoms with E-state index in [4.69, 9.17) is 4.74 Å². The second-order valence-corrected chi connectivity index (χ2v) is 6.63. The van der Waals surface area contributed by atoms with Crippen molar-refractivity contribution in [3.63, 3.8) is 0 Å². The summed E-state index contributed by atoms with van der Waals surface area (Å²) in [5.41, 5.74) is 0. The Balaban J connectivity index is 2.00. The van der Waals surface area contributed by atoms with E-state index < -0.39 is 0 Å². The standard InChI is InChI=1S/C12H26N2OS/c1-4-15-9-6-13-5-7-14-8-10-16-12(2,3)11-14/h13H,4-11H2,1-3H3. The largest absolute Gasteiger partial charge is 0.380 e. The molecule has 0 bridgehead atoms. The lowest BCUT2D eigenvalue weighted by Crippen LogP contribution is -2.45. The van der Waals surface area contributed by atoms with Crippen LogP contribution in [-0.4, -0.2) is 61.3 Å². The predicted molar refractivity (Wildman–Crippen MR) is 72.3 cm³/mol. The molecule has 0 aromatic carbocycles. The molecule has 1 aliphatic rings. The quantitative estimate of drug-likeness (QED) is 0.687. The fourth-order valence-corrected chi connectivity index (χ4v) is 3.13. The summed E-state index contributed by atoms with van der Waals surface area (Å²) >= 11 is 2.09. The van der Waals surface area contributed by atoms with E-state index in [2.05, 4.69) is 35.8 Å². The highest BCUT2D eigenvalue weighted by molar-refractivity contribution is 8.00. The Bertz CT molecular complexity index is 188. The summed E-state index contributed by atoms with van der Waals surface area (Å²) in [5.74, 6) is 1.27. The van der Waals surface area contributed by atoms with Crippen LogP contribution in [0.4, 0.5) is 0 Å². The highest BCUT2D eigenvalue weighted by atomic mass is 32.2. The SMILES string of the molecule is CCOCCNCCN1CCSC(C)(C)C1. The number of hydrogen-bond donors (Lipinski definition) is 1. The van der Waals surface area contributed by atoms with Gasteiger partial charge >= 0.3 is 0 Å². The minimum absolute atomic E-state index is 0.434. The third-order valence-electron chi connectivity index (χ3n) is 2.74. The van der Waals surface area contributed by atoms with Crippen LogP contribution in [0.15, 0.2) is 0 Å². The van der Waals surface area contributed by atoms with Crippen molar-refractivity contribution >= 4 is 11.8 Å². The maximum Gasteiger partial charge on any atom is 0.0590 e. The Morgan fingerprint density at radius 3 is 2.88 bits per heavy atom. The van der Waals surface area contributed by atoms with Crippen molar-refractivity contribution in [3.05, 3.63) is 0 Å². The molecule has 1 aliphatic heterocycles. The van der Waals surface area contributed by atoms with Crippen LogP contribution in [-0.2, 0) is 4.74 Å². The number of thioether (sulfide) groups is 1. The minimum Gasteiger partial charge on any atom is -0.380 e.